The van der Waals surface area contributed by atoms with Crippen molar-refractivity contribution in [2.45, 2.75) is 40.0 Å². The van der Waals surface area contributed by atoms with Crippen LogP contribution in [0.1, 0.15) is 40.0 Å². The number of Topliss-reactive ketones (excluding diaryl/α,β-unsaturated/α-hetero) is 1. The van der Waals surface area contributed by atoms with Crippen LogP contribution < -0.4 is 0 Å². The summed E-state index contributed by atoms with van der Waals surface area (Å²) in [6.45, 7) is 5.76. The number of rotatable bonds is 7. The number of allylic oxidation sites excluding steroid dienone is 2. The highest BCUT2D eigenvalue weighted by Gasteiger charge is 2.25. The number of ether oxygens (including phenoxy) is 1. The number of ketones is 1. The summed E-state index contributed by atoms with van der Waals surface area (Å²) in [4.78, 5) is 23.0. The van der Waals surface area contributed by atoms with Crippen molar-refractivity contribution in [3.63, 3.8) is 0 Å². The largest absolute Gasteiger partial charge is 0.465 e. The fraction of sp³-hybridized carbons (Fsp3) is 0.667. The van der Waals surface area contributed by atoms with E-state index in [1.54, 1.807) is 13.8 Å². The lowest BCUT2D eigenvalue weighted by molar-refractivity contribution is -0.151. The van der Waals surface area contributed by atoms with Gasteiger partial charge in [0.1, 0.15) is 11.7 Å². The summed E-state index contributed by atoms with van der Waals surface area (Å²) in [6, 6.07) is 0. The van der Waals surface area contributed by atoms with Gasteiger partial charge in [-0.25, -0.2) is 0 Å². The standard InChI is InChI=1S/C12H20O3/c1-4-7-8-9-10(11(13)5-2)12(14)15-6-3/h4,7,10H,5-6,8-9H2,1-3H3. The Kier molecular flexibility index (Phi) is 7.60. The molecule has 0 saturated heterocycles. The molecule has 0 rings (SSSR count). The first kappa shape index (κ1) is 13.9. The predicted octanol–water partition coefficient (Wildman–Crippen LogP) is 2.50. The third-order valence-electron chi connectivity index (χ3n) is 2.17. The summed E-state index contributed by atoms with van der Waals surface area (Å²) in [7, 11) is 0. The molecule has 0 bridgehead atoms. The van der Waals surface area contributed by atoms with Gasteiger partial charge < -0.3 is 4.74 Å². The molecule has 0 saturated carbocycles. The van der Waals surface area contributed by atoms with Crippen LogP contribution in [0.15, 0.2) is 12.2 Å². The first-order valence-electron chi connectivity index (χ1n) is 5.47. The molecule has 0 heterocycles. The van der Waals surface area contributed by atoms with Crippen LogP contribution in [0.2, 0.25) is 0 Å². The summed E-state index contributed by atoms with van der Waals surface area (Å²) in [5, 5.41) is 0. The van der Waals surface area contributed by atoms with Crippen LogP contribution in [0, 0.1) is 5.92 Å². The maximum absolute atomic E-state index is 11.5. The zero-order chi connectivity index (χ0) is 11.7. The molecule has 0 aromatic carbocycles. The van der Waals surface area contributed by atoms with Crippen LogP contribution in [-0.4, -0.2) is 18.4 Å². The van der Waals surface area contributed by atoms with Gasteiger partial charge in [-0.2, -0.15) is 0 Å². The Labute approximate surface area is 91.5 Å². The fourth-order valence-electron chi connectivity index (χ4n) is 1.33. The van der Waals surface area contributed by atoms with Gasteiger partial charge in [0.2, 0.25) is 0 Å². The molecule has 0 N–H and O–H groups in total. The molecule has 0 aliphatic heterocycles. The molecule has 0 spiro atoms. The van der Waals surface area contributed by atoms with Crippen molar-refractivity contribution < 1.29 is 14.3 Å². The second kappa shape index (κ2) is 8.21. The molecule has 0 amide bonds. The zero-order valence-electron chi connectivity index (χ0n) is 9.79. The van der Waals surface area contributed by atoms with Gasteiger partial charge in [0.05, 0.1) is 6.61 Å². The van der Waals surface area contributed by atoms with E-state index >= 15 is 0 Å². The van der Waals surface area contributed by atoms with Crippen LogP contribution in [-0.2, 0) is 14.3 Å². The number of esters is 1. The van der Waals surface area contributed by atoms with E-state index in [1.807, 2.05) is 19.1 Å². The Bertz CT molecular complexity index is 231. The van der Waals surface area contributed by atoms with Gasteiger partial charge in [0.25, 0.3) is 0 Å². The second-order valence-corrected chi connectivity index (χ2v) is 3.27. The third-order valence-corrected chi connectivity index (χ3v) is 2.17. The Morgan fingerprint density at radius 1 is 1.33 bits per heavy atom. The molecule has 0 fully saturated rings. The Morgan fingerprint density at radius 3 is 2.47 bits per heavy atom. The predicted molar refractivity (Wildman–Crippen MR) is 59.5 cm³/mol. The molecule has 3 heteroatoms. The highest BCUT2D eigenvalue weighted by Crippen LogP contribution is 2.13. The SMILES string of the molecule is CC=CCCC(C(=O)CC)C(=O)OCC. The number of hydrogen-bond acceptors (Lipinski definition) is 3. The van der Waals surface area contributed by atoms with E-state index in [-0.39, 0.29) is 11.8 Å². The van der Waals surface area contributed by atoms with E-state index in [2.05, 4.69) is 0 Å². The lowest BCUT2D eigenvalue weighted by Crippen LogP contribution is -2.25. The van der Waals surface area contributed by atoms with Crippen LogP contribution in [0.3, 0.4) is 0 Å². The van der Waals surface area contributed by atoms with Crippen molar-refractivity contribution in [3.05, 3.63) is 12.2 Å². The molecular weight excluding hydrogens is 192 g/mol. The number of hydrogen-bond donors (Lipinski definition) is 0. The minimum atomic E-state index is -0.578. The quantitative estimate of drug-likeness (QED) is 0.370. The van der Waals surface area contributed by atoms with Crippen molar-refractivity contribution in [2.75, 3.05) is 6.61 Å². The summed E-state index contributed by atoms with van der Waals surface area (Å²) in [5.74, 6) is -0.988. The van der Waals surface area contributed by atoms with E-state index in [0.717, 1.165) is 6.42 Å². The molecule has 3 nitrogen and oxygen atoms in total. The van der Waals surface area contributed by atoms with Gasteiger partial charge in [-0.05, 0) is 26.7 Å². The molecule has 86 valence electrons. The Morgan fingerprint density at radius 2 is 2.00 bits per heavy atom. The minimum Gasteiger partial charge on any atom is -0.465 e. The van der Waals surface area contributed by atoms with Gasteiger partial charge in [-0.3, -0.25) is 9.59 Å². The van der Waals surface area contributed by atoms with Crippen molar-refractivity contribution in [1.29, 1.82) is 0 Å². The van der Waals surface area contributed by atoms with Crippen LogP contribution >= 0.6 is 0 Å². The van der Waals surface area contributed by atoms with Gasteiger partial charge in [0, 0.05) is 6.42 Å². The fourth-order valence-corrected chi connectivity index (χ4v) is 1.33. The maximum atomic E-state index is 11.5. The van der Waals surface area contributed by atoms with E-state index < -0.39 is 5.92 Å². The lowest BCUT2D eigenvalue weighted by Gasteiger charge is -2.12. The number of carbonyl (C=O) groups excluding carboxylic acids is 2. The van der Waals surface area contributed by atoms with Gasteiger partial charge in [-0.15, -0.1) is 0 Å². The highest BCUT2D eigenvalue weighted by atomic mass is 16.5. The first-order chi connectivity index (χ1) is 7.17. The third kappa shape index (κ3) is 5.35. The second-order valence-electron chi connectivity index (χ2n) is 3.27. The monoisotopic (exact) mass is 212 g/mol. The molecule has 1 atom stereocenters. The van der Waals surface area contributed by atoms with E-state index in [9.17, 15) is 9.59 Å². The molecule has 1 unspecified atom stereocenters. The van der Waals surface area contributed by atoms with Crippen LogP contribution in [0.5, 0.6) is 0 Å². The minimum absolute atomic E-state index is 0.0297. The normalized spacial score (nSPS) is 12.7. The molecule has 15 heavy (non-hydrogen) atoms. The number of carbonyl (C=O) groups is 2. The van der Waals surface area contributed by atoms with Crippen LogP contribution in [0.25, 0.3) is 0 Å². The summed E-state index contributed by atoms with van der Waals surface area (Å²) in [5.41, 5.74) is 0. The van der Waals surface area contributed by atoms with Crippen LogP contribution in [0.4, 0.5) is 0 Å². The summed E-state index contributed by atoms with van der Waals surface area (Å²) >= 11 is 0. The lowest BCUT2D eigenvalue weighted by atomic mass is 9.96. The summed E-state index contributed by atoms with van der Waals surface area (Å²) < 4.78 is 4.87. The van der Waals surface area contributed by atoms with Crippen molar-refractivity contribution in [2.24, 2.45) is 5.92 Å². The maximum Gasteiger partial charge on any atom is 0.316 e. The highest BCUT2D eigenvalue weighted by molar-refractivity contribution is 5.98. The zero-order valence-corrected chi connectivity index (χ0v) is 9.79. The van der Waals surface area contributed by atoms with Crippen molar-refractivity contribution in [3.8, 4) is 0 Å². The molecular formula is C12H20O3. The molecule has 0 aliphatic rings. The molecule has 0 aliphatic carbocycles. The van der Waals surface area contributed by atoms with E-state index in [1.165, 1.54) is 0 Å². The Hall–Kier alpha value is -1.12. The van der Waals surface area contributed by atoms with Crippen molar-refractivity contribution >= 4 is 11.8 Å². The van der Waals surface area contributed by atoms with E-state index in [4.69, 9.17) is 4.74 Å². The average Bonchev–Trinajstić information content (AvgIpc) is 2.23. The molecule has 0 aromatic rings. The summed E-state index contributed by atoms with van der Waals surface area (Å²) in [6.07, 6.45) is 5.55. The molecule has 0 aromatic heterocycles. The smallest absolute Gasteiger partial charge is 0.316 e. The first-order valence-corrected chi connectivity index (χ1v) is 5.47. The van der Waals surface area contributed by atoms with Gasteiger partial charge >= 0.3 is 5.97 Å². The molecule has 0 radical (unpaired) electrons. The Balaban J connectivity index is 4.30. The van der Waals surface area contributed by atoms with Gasteiger partial charge in [0.15, 0.2) is 0 Å². The van der Waals surface area contributed by atoms with Crippen molar-refractivity contribution in [1.82, 2.24) is 0 Å². The topological polar surface area (TPSA) is 43.4 Å². The van der Waals surface area contributed by atoms with E-state index in [0.29, 0.717) is 19.4 Å². The average molecular weight is 212 g/mol. The van der Waals surface area contributed by atoms with Gasteiger partial charge in [-0.1, -0.05) is 19.1 Å².